The summed E-state index contributed by atoms with van der Waals surface area (Å²) in [5.74, 6) is 1.74. The Kier molecular flexibility index (Phi) is 4.52. The fourth-order valence-corrected chi connectivity index (χ4v) is 3.14. The Morgan fingerprint density at radius 3 is 2.42 bits per heavy atom. The number of benzene rings is 3. The van der Waals surface area contributed by atoms with Crippen LogP contribution in [0.25, 0.3) is 21.9 Å². The zero-order chi connectivity index (χ0) is 17.8. The summed E-state index contributed by atoms with van der Waals surface area (Å²) in [4.78, 5) is 4.70. The van der Waals surface area contributed by atoms with E-state index in [-0.39, 0.29) is 0 Å². The summed E-state index contributed by atoms with van der Waals surface area (Å²) >= 11 is 0. The van der Waals surface area contributed by atoms with Crippen molar-refractivity contribution in [2.45, 2.75) is 6.54 Å². The molecule has 128 valence electrons. The number of ether oxygens (including phenoxy) is 1. The van der Waals surface area contributed by atoms with E-state index in [4.69, 9.17) is 9.72 Å². The van der Waals surface area contributed by atoms with Crippen LogP contribution in [0.4, 0.5) is 5.82 Å². The van der Waals surface area contributed by atoms with Crippen LogP contribution in [0.5, 0.6) is 5.75 Å². The Labute approximate surface area is 153 Å². The van der Waals surface area contributed by atoms with Gasteiger partial charge in [-0.15, -0.1) is 0 Å². The maximum atomic E-state index is 5.37. The zero-order valence-corrected chi connectivity index (χ0v) is 14.6. The minimum Gasteiger partial charge on any atom is -0.497 e. The van der Waals surface area contributed by atoms with E-state index in [0.717, 1.165) is 34.6 Å². The highest BCUT2D eigenvalue weighted by atomic mass is 16.5. The molecule has 1 heterocycles. The van der Waals surface area contributed by atoms with Crippen LogP contribution < -0.4 is 10.1 Å². The van der Waals surface area contributed by atoms with Gasteiger partial charge in [-0.25, -0.2) is 4.98 Å². The van der Waals surface area contributed by atoms with Crippen molar-refractivity contribution in [3.8, 4) is 16.9 Å². The van der Waals surface area contributed by atoms with Crippen molar-refractivity contribution in [1.29, 1.82) is 0 Å². The number of hydrogen-bond acceptors (Lipinski definition) is 3. The lowest BCUT2D eigenvalue weighted by atomic mass is 10.00. The van der Waals surface area contributed by atoms with Gasteiger partial charge in [-0.1, -0.05) is 66.7 Å². The minimum absolute atomic E-state index is 0.746. The Bertz CT molecular complexity index is 1030. The number of methoxy groups -OCH3 is 1. The van der Waals surface area contributed by atoms with E-state index in [1.165, 1.54) is 10.9 Å². The quantitative estimate of drug-likeness (QED) is 0.519. The van der Waals surface area contributed by atoms with Gasteiger partial charge in [-0.2, -0.15) is 0 Å². The largest absolute Gasteiger partial charge is 0.497 e. The van der Waals surface area contributed by atoms with Crippen LogP contribution in [-0.4, -0.2) is 12.1 Å². The predicted octanol–water partition coefficient (Wildman–Crippen LogP) is 5.52. The highest BCUT2D eigenvalue weighted by Crippen LogP contribution is 2.33. The minimum atomic E-state index is 0.746. The van der Waals surface area contributed by atoms with E-state index in [0.29, 0.717) is 0 Å². The Morgan fingerprint density at radius 2 is 1.62 bits per heavy atom. The van der Waals surface area contributed by atoms with Gasteiger partial charge >= 0.3 is 0 Å². The van der Waals surface area contributed by atoms with Gasteiger partial charge in [0.2, 0.25) is 0 Å². The monoisotopic (exact) mass is 340 g/mol. The number of anilines is 1. The van der Waals surface area contributed by atoms with Crippen molar-refractivity contribution < 1.29 is 4.74 Å². The first kappa shape index (κ1) is 16.2. The van der Waals surface area contributed by atoms with E-state index >= 15 is 0 Å². The van der Waals surface area contributed by atoms with Crippen molar-refractivity contribution in [2.75, 3.05) is 12.4 Å². The summed E-state index contributed by atoms with van der Waals surface area (Å²) in [6.07, 6.45) is 1.93. The SMILES string of the molecule is COc1cccc(-c2cnc(NCc3ccccc3)c3ccccc23)c1. The molecule has 1 aromatic heterocycles. The van der Waals surface area contributed by atoms with Gasteiger partial charge in [-0.3, -0.25) is 0 Å². The first-order chi connectivity index (χ1) is 12.8. The highest BCUT2D eigenvalue weighted by Gasteiger charge is 2.09. The molecule has 3 heteroatoms. The first-order valence-corrected chi connectivity index (χ1v) is 8.65. The van der Waals surface area contributed by atoms with Gasteiger partial charge in [0, 0.05) is 23.7 Å². The molecule has 4 rings (SSSR count). The Hall–Kier alpha value is -3.33. The van der Waals surface area contributed by atoms with Crippen LogP contribution >= 0.6 is 0 Å². The predicted molar refractivity (Wildman–Crippen MR) is 107 cm³/mol. The maximum Gasteiger partial charge on any atom is 0.134 e. The van der Waals surface area contributed by atoms with Gasteiger partial charge in [0.1, 0.15) is 11.6 Å². The lowest BCUT2D eigenvalue weighted by Gasteiger charge is -2.13. The van der Waals surface area contributed by atoms with Crippen LogP contribution in [0.15, 0.2) is 85.1 Å². The van der Waals surface area contributed by atoms with Crippen molar-refractivity contribution in [3.63, 3.8) is 0 Å². The van der Waals surface area contributed by atoms with Crippen molar-refractivity contribution in [1.82, 2.24) is 4.98 Å². The van der Waals surface area contributed by atoms with Crippen molar-refractivity contribution >= 4 is 16.6 Å². The molecule has 1 N–H and O–H groups in total. The smallest absolute Gasteiger partial charge is 0.134 e. The summed E-state index contributed by atoms with van der Waals surface area (Å²) in [7, 11) is 1.69. The number of nitrogens with zero attached hydrogens (tertiary/aromatic N) is 1. The molecule has 0 saturated heterocycles. The summed E-state index contributed by atoms with van der Waals surface area (Å²) < 4.78 is 5.37. The molecule has 3 nitrogen and oxygen atoms in total. The molecule has 0 spiro atoms. The van der Waals surface area contributed by atoms with E-state index in [2.05, 4.69) is 53.8 Å². The Morgan fingerprint density at radius 1 is 0.846 bits per heavy atom. The molecule has 0 bridgehead atoms. The lowest BCUT2D eigenvalue weighted by Crippen LogP contribution is -2.02. The van der Waals surface area contributed by atoms with Gasteiger partial charge in [-0.05, 0) is 28.6 Å². The number of fused-ring (bicyclic) bond motifs is 1. The zero-order valence-electron chi connectivity index (χ0n) is 14.6. The number of rotatable bonds is 5. The number of hydrogen-bond donors (Lipinski definition) is 1. The van der Waals surface area contributed by atoms with Crippen LogP contribution in [-0.2, 0) is 6.54 Å². The van der Waals surface area contributed by atoms with Crippen LogP contribution in [0.1, 0.15) is 5.56 Å². The molecule has 0 atom stereocenters. The molecule has 3 aromatic carbocycles. The van der Waals surface area contributed by atoms with E-state index < -0.39 is 0 Å². The van der Waals surface area contributed by atoms with Gasteiger partial charge in [0.15, 0.2) is 0 Å². The molecule has 0 saturated carbocycles. The third-order valence-corrected chi connectivity index (χ3v) is 4.48. The third kappa shape index (κ3) is 3.24. The summed E-state index contributed by atoms with van der Waals surface area (Å²) in [6, 6.07) is 26.8. The van der Waals surface area contributed by atoms with Gasteiger partial charge in [0.05, 0.1) is 7.11 Å². The molecule has 0 aliphatic heterocycles. The third-order valence-electron chi connectivity index (χ3n) is 4.48. The van der Waals surface area contributed by atoms with E-state index in [1.54, 1.807) is 7.11 Å². The highest BCUT2D eigenvalue weighted by molar-refractivity contribution is 6.01. The lowest BCUT2D eigenvalue weighted by molar-refractivity contribution is 0.415. The normalized spacial score (nSPS) is 10.7. The van der Waals surface area contributed by atoms with Crippen molar-refractivity contribution in [3.05, 3.63) is 90.6 Å². The first-order valence-electron chi connectivity index (χ1n) is 8.65. The van der Waals surface area contributed by atoms with Crippen molar-refractivity contribution in [2.24, 2.45) is 0 Å². The van der Waals surface area contributed by atoms with Gasteiger partial charge < -0.3 is 10.1 Å². The number of pyridine rings is 1. The Balaban J connectivity index is 1.73. The van der Waals surface area contributed by atoms with E-state index in [1.807, 2.05) is 36.5 Å². The van der Waals surface area contributed by atoms with Gasteiger partial charge in [0.25, 0.3) is 0 Å². The second-order valence-electron chi connectivity index (χ2n) is 6.14. The molecule has 0 unspecified atom stereocenters. The van der Waals surface area contributed by atoms with Crippen LogP contribution in [0, 0.1) is 0 Å². The second-order valence-corrected chi connectivity index (χ2v) is 6.14. The molecule has 0 aliphatic carbocycles. The van der Waals surface area contributed by atoms with E-state index in [9.17, 15) is 0 Å². The standard InChI is InChI=1S/C23H20N2O/c1-26-19-11-7-10-18(14-19)22-16-25-23(21-13-6-5-12-20(21)22)24-15-17-8-3-2-4-9-17/h2-14,16H,15H2,1H3,(H,24,25). The fraction of sp³-hybridized carbons (Fsp3) is 0.0870. The molecule has 0 fully saturated rings. The van der Waals surface area contributed by atoms with Crippen LogP contribution in [0.2, 0.25) is 0 Å². The van der Waals surface area contributed by atoms with Crippen LogP contribution in [0.3, 0.4) is 0 Å². The number of aromatic nitrogens is 1. The number of nitrogens with one attached hydrogen (secondary N) is 1. The second kappa shape index (κ2) is 7.28. The molecule has 26 heavy (non-hydrogen) atoms. The summed E-state index contributed by atoms with van der Waals surface area (Å²) in [5, 5.41) is 5.76. The summed E-state index contributed by atoms with van der Waals surface area (Å²) in [5.41, 5.74) is 3.43. The molecular weight excluding hydrogens is 320 g/mol. The molecular formula is C23H20N2O. The average Bonchev–Trinajstić information content (AvgIpc) is 2.72. The molecule has 4 aromatic rings. The topological polar surface area (TPSA) is 34.1 Å². The maximum absolute atomic E-state index is 5.37. The summed E-state index contributed by atoms with van der Waals surface area (Å²) in [6.45, 7) is 0.746. The molecule has 0 amide bonds. The average molecular weight is 340 g/mol. The fourth-order valence-electron chi connectivity index (χ4n) is 3.14. The molecule has 0 aliphatic rings. The molecule has 0 radical (unpaired) electrons.